The van der Waals surface area contributed by atoms with Gasteiger partial charge < -0.3 is 10.8 Å². The summed E-state index contributed by atoms with van der Waals surface area (Å²) in [5, 5.41) is 9.51. The van der Waals surface area contributed by atoms with Crippen molar-refractivity contribution in [2.75, 3.05) is 5.73 Å². The molecule has 0 saturated heterocycles. The van der Waals surface area contributed by atoms with E-state index >= 15 is 0 Å². The average Bonchev–Trinajstić information content (AvgIpc) is 2.10. The molecule has 1 rings (SSSR count). The van der Waals surface area contributed by atoms with Crippen LogP contribution in [-0.2, 0) is 6.42 Å². The Bertz CT molecular complexity index is 251. The number of unbranched alkanes of at least 4 members (excludes halogenated alkanes) is 2. The molecule has 0 aliphatic rings. The topological polar surface area (TPSA) is 46.2 Å². The molecule has 72 valence electrons. The molecular weight excluding hydrogens is 162 g/mol. The molecule has 0 aliphatic heterocycles. The fourth-order valence-electron chi connectivity index (χ4n) is 1.42. The van der Waals surface area contributed by atoms with Crippen molar-refractivity contribution in [1.29, 1.82) is 0 Å². The fraction of sp³-hybridized carbons (Fsp3) is 0.455. The molecule has 0 atom stereocenters. The highest BCUT2D eigenvalue weighted by Crippen LogP contribution is 2.24. The van der Waals surface area contributed by atoms with E-state index in [0.717, 1.165) is 18.4 Å². The highest BCUT2D eigenvalue weighted by molar-refractivity contribution is 5.53. The number of anilines is 1. The third-order valence-electron chi connectivity index (χ3n) is 2.22. The van der Waals surface area contributed by atoms with Gasteiger partial charge in [-0.15, -0.1) is 0 Å². The summed E-state index contributed by atoms with van der Waals surface area (Å²) in [7, 11) is 0. The van der Waals surface area contributed by atoms with Crippen LogP contribution in [0.2, 0.25) is 0 Å². The molecular formula is C11H17NO. The normalized spacial score (nSPS) is 10.2. The van der Waals surface area contributed by atoms with Gasteiger partial charge in [-0.2, -0.15) is 0 Å². The van der Waals surface area contributed by atoms with Gasteiger partial charge in [-0.3, -0.25) is 0 Å². The second-order valence-corrected chi connectivity index (χ2v) is 3.30. The van der Waals surface area contributed by atoms with Crippen LogP contribution < -0.4 is 5.73 Å². The molecule has 0 unspecified atom stereocenters. The summed E-state index contributed by atoms with van der Waals surface area (Å²) in [6, 6.07) is 5.30. The monoisotopic (exact) mass is 179 g/mol. The molecule has 3 N–H and O–H groups in total. The van der Waals surface area contributed by atoms with Gasteiger partial charge in [-0.25, -0.2) is 0 Å². The third-order valence-corrected chi connectivity index (χ3v) is 2.22. The summed E-state index contributed by atoms with van der Waals surface area (Å²) in [5.74, 6) is 0.330. The van der Waals surface area contributed by atoms with Crippen molar-refractivity contribution in [2.24, 2.45) is 0 Å². The molecule has 0 bridgehead atoms. The minimum Gasteiger partial charge on any atom is -0.508 e. The summed E-state index contributed by atoms with van der Waals surface area (Å²) >= 11 is 0. The van der Waals surface area contributed by atoms with Gasteiger partial charge in [0, 0.05) is 11.3 Å². The molecule has 2 nitrogen and oxygen atoms in total. The molecule has 1 aromatic rings. The third kappa shape index (κ3) is 2.65. The van der Waals surface area contributed by atoms with Gasteiger partial charge in [-0.05, 0) is 25.0 Å². The highest BCUT2D eigenvalue weighted by atomic mass is 16.3. The van der Waals surface area contributed by atoms with E-state index in [1.807, 2.05) is 6.07 Å². The van der Waals surface area contributed by atoms with Crippen molar-refractivity contribution in [3.63, 3.8) is 0 Å². The lowest BCUT2D eigenvalue weighted by atomic mass is 10.0. The standard InChI is InChI=1S/C11H17NO/c1-2-3-4-6-9-10(12)7-5-8-11(9)13/h5,7-8,13H,2-4,6,12H2,1H3. The first-order valence-corrected chi connectivity index (χ1v) is 4.82. The smallest absolute Gasteiger partial charge is 0.120 e. The van der Waals surface area contributed by atoms with E-state index in [9.17, 15) is 5.11 Å². The highest BCUT2D eigenvalue weighted by Gasteiger charge is 2.03. The quantitative estimate of drug-likeness (QED) is 0.551. The van der Waals surface area contributed by atoms with Crippen LogP contribution in [0.3, 0.4) is 0 Å². The maximum Gasteiger partial charge on any atom is 0.120 e. The van der Waals surface area contributed by atoms with Gasteiger partial charge in [0.05, 0.1) is 0 Å². The Balaban J connectivity index is 2.64. The predicted octanol–water partition coefficient (Wildman–Crippen LogP) is 2.71. The van der Waals surface area contributed by atoms with Crippen LogP contribution in [0.4, 0.5) is 5.69 Å². The maximum atomic E-state index is 9.51. The molecule has 13 heavy (non-hydrogen) atoms. The summed E-state index contributed by atoms with van der Waals surface area (Å²) in [4.78, 5) is 0. The van der Waals surface area contributed by atoms with E-state index < -0.39 is 0 Å². The van der Waals surface area contributed by atoms with E-state index in [4.69, 9.17) is 5.73 Å². The first kappa shape index (κ1) is 9.90. The van der Waals surface area contributed by atoms with E-state index in [1.54, 1.807) is 12.1 Å². The zero-order chi connectivity index (χ0) is 9.68. The van der Waals surface area contributed by atoms with Crippen molar-refractivity contribution in [3.05, 3.63) is 23.8 Å². The van der Waals surface area contributed by atoms with Gasteiger partial charge in [0.2, 0.25) is 0 Å². The Morgan fingerprint density at radius 1 is 1.31 bits per heavy atom. The van der Waals surface area contributed by atoms with Gasteiger partial charge >= 0.3 is 0 Å². The van der Waals surface area contributed by atoms with Crippen molar-refractivity contribution in [2.45, 2.75) is 32.6 Å². The van der Waals surface area contributed by atoms with Crippen LogP contribution in [0.25, 0.3) is 0 Å². The Hall–Kier alpha value is -1.18. The zero-order valence-electron chi connectivity index (χ0n) is 8.09. The van der Waals surface area contributed by atoms with E-state index in [2.05, 4.69) is 6.92 Å². The van der Waals surface area contributed by atoms with Crippen LogP contribution >= 0.6 is 0 Å². The van der Waals surface area contributed by atoms with Gasteiger partial charge in [0.1, 0.15) is 5.75 Å². The molecule has 0 fully saturated rings. The average molecular weight is 179 g/mol. The van der Waals surface area contributed by atoms with Crippen LogP contribution in [-0.4, -0.2) is 5.11 Å². The van der Waals surface area contributed by atoms with Crippen LogP contribution in [0.1, 0.15) is 31.7 Å². The first-order valence-electron chi connectivity index (χ1n) is 4.82. The summed E-state index contributed by atoms with van der Waals surface area (Å²) in [6.45, 7) is 2.16. The van der Waals surface area contributed by atoms with Crippen LogP contribution in [0, 0.1) is 0 Å². The minimum absolute atomic E-state index is 0.330. The lowest BCUT2D eigenvalue weighted by Gasteiger charge is -2.06. The summed E-state index contributed by atoms with van der Waals surface area (Å²) in [5.41, 5.74) is 7.35. The number of aromatic hydroxyl groups is 1. The molecule has 0 aliphatic carbocycles. The fourth-order valence-corrected chi connectivity index (χ4v) is 1.42. The van der Waals surface area contributed by atoms with Crippen molar-refractivity contribution < 1.29 is 5.11 Å². The van der Waals surface area contributed by atoms with E-state index in [-0.39, 0.29) is 0 Å². The zero-order valence-corrected chi connectivity index (χ0v) is 8.09. The molecule has 1 aromatic carbocycles. The lowest BCUT2D eigenvalue weighted by Crippen LogP contribution is -1.94. The lowest BCUT2D eigenvalue weighted by molar-refractivity contribution is 0.467. The minimum atomic E-state index is 0.330. The Morgan fingerprint density at radius 3 is 2.69 bits per heavy atom. The number of nitrogens with two attached hydrogens (primary N) is 1. The first-order chi connectivity index (χ1) is 6.25. The summed E-state index contributed by atoms with van der Waals surface area (Å²) in [6.07, 6.45) is 4.35. The molecule has 2 heteroatoms. The van der Waals surface area contributed by atoms with Crippen LogP contribution in [0.5, 0.6) is 5.75 Å². The molecule has 0 aromatic heterocycles. The van der Waals surface area contributed by atoms with E-state index in [1.165, 1.54) is 12.8 Å². The Kier molecular flexibility index (Phi) is 3.62. The second-order valence-electron chi connectivity index (χ2n) is 3.30. The number of benzene rings is 1. The largest absolute Gasteiger partial charge is 0.508 e. The maximum absolute atomic E-state index is 9.51. The molecule has 0 radical (unpaired) electrons. The predicted molar refractivity (Wildman–Crippen MR) is 55.7 cm³/mol. The molecule has 0 amide bonds. The number of phenolic OH excluding ortho intramolecular Hbond substituents is 1. The van der Waals surface area contributed by atoms with E-state index in [0.29, 0.717) is 11.4 Å². The van der Waals surface area contributed by atoms with Crippen molar-refractivity contribution >= 4 is 5.69 Å². The Morgan fingerprint density at radius 2 is 2.08 bits per heavy atom. The Labute approximate surface area is 79.4 Å². The van der Waals surface area contributed by atoms with Gasteiger partial charge in [0.25, 0.3) is 0 Å². The summed E-state index contributed by atoms with van der Waals surface area (Å²) < 4.78 is 0. The second kappa shape index (κ2) is 4.75. The van der Waals surface area contributed by atoms with Crippen LogP contribution in [0.15, 0.2) is 18.2 Å². The number of rotatable bonds is 4. The number of nitrogen functional groups attached to an aromatic ring is 1. The molecule has 0 spiro atoms. The SMILES string of the molecule is CCCCCc1c(N)cccc1O. The number of hydrogen-bond donors (Lipinski definition) is 2. The number of hydrogen-bond acceptors (Lipinski definition) is 2. The van der Waals surface area contributed by atoms with Gasteiger partial charge in [0.15, 0.2) is 0 Å². The number of phenols is 1. The molecule has 0 heterocycles. The van der Waals surface area contributed by atoms with Gasteiger partial charge in [-0.1, -0.05) is 25.8 Å². The van der Waals surface area contributed by atoms with Crippen molar-refractivity contribution in [1.82, 2.24) is 0 Å². The molecule has 0 saturated carbocycles. The van der Waals surface area contributed by atoms with Crippen molar-refractivity contribution in [3.8, 4) is 5.75 Å².